The molecule has 3 heterocycles. The topological polar surface area (TPSA) is 126 Å². The number of nitrogens with zero attached hydrogens (tertiary/aromatic N) is 4. The minimum absolute atomic E-state index is 0.0115. The molecule has 1 saturated heterocycles. The summed E-state index contributed by atoms with van der Waals surface area (Å²) in [6.45, 7) is 3.28. The number of aryl methyl sites for hydroxylation is 1. The van der Waals surface area contributed by atoms with E-state index in [1.54, 1.807) is 6.20 Å². The normalized spacial score (nSPS) is 17.9. The maximum atomic E-state index is 12.8. The van der Waals surface area contributed by atoms with Gasteiger partial charge in [0.2, 0.25) is 0 Å². The standard InChI is InChI=1S/C24H27N7O2S/c1-14-11-20(34-30-14)29-23-21(22(25)32)26-12-19(28-23)31-10-2-3-18(13-31)27-24(33)17-8-6-16(7-9-17)15-4-5-15/h6-9,11-12,15,18H,2-5,10,13H2,1H3,(H2,25,32)(H,27,33)(H,28,29). The van der Waals surface area contributed by atoms with Crippen molar-refractivity contribution in [2.24, 2.45) is 5.73 Å². The summed E-state index contributed by atoms with van der Waals surface area (Å²) in [7, 11) is 0. The molecule has 2 aromatic heterocycles. The number of aromatic nitrogens is 3. The quantitative estimate of drug-likeness (QED) is 0.476. The van der Waals surface area contributed by atoms with Gasteiger partial charge in [-0.1, -0.05) is 12.1 Å². The molecule has 0 spiro atoms. The summed E-state index contributed by atoms with van der Waals surface area (Å²) in [4.78, 5) is 35.7. The number of rotatable bonds is 7. The SMILES string of the molecule is Cc1cc(Nc2nc(N3CCCC(NC(=O)c4ccc(C5CC5)cc4)C3)cnc2C(N)=O)sn1. The Labute approximate surface area is 202 Å². The van der Waals surface area contributed by atoms with Crippen LogP contribution in [0.3, 0.4) is 0 Å². The van der Waals surface area contributed by atoms with Gasteiger partial charge in [-0.3, -0.25) is 9.59 Å². The van der Waals surface area contributed by atoms with E-state index in [0.717, 1.165) is 30.1 Å². The second-order valence-corrected chi connectivity index (χ2v) is 9.71. The third-order valence-electron chi connectivity index (χ3n) is 6.16. The lowest BCUT2D eigenvalue weighted by Crippen LogP contribution is -2.48. The van der Waals surface area contributed by atoms with Gasteiger partial charge in [-0.05, 0) is 73.8 Å². The lowest BCUT2D eigenvalue weighted by atomic mass is 10.0. The van der Waals surface area contributed by atoms with Crippen LogP contribution in [0.5, 0.6) is 0 Å². The molecule has 10 heteroatoms. The van der Waals surface area contributed by atoms with Crippen LogP contribution in [0.1, 0.15) is 63.7 Å². The molecule has 3 aromatic rings. The molecular weight excluding hydrogens is 450 g/mol. The molecule has 4 N–H and O–H groups in total. The van der Waals surface area contributed by atoms with Crippen LogP contribution in [-0.2, 0) is 0 Å². The monoisotopic (exact) mass is 477 g/mol. The van der Waals surface area contributed by atoms with Crippen molar-refractivity contribution < 1.29 is 9.59 Å². The molecule has 34 heavy (non-hydrogen) atoms. The van der Waals surface area contributed by atoms with E-state index in [4.69, 9.17) is 5.73 Å². The summed E-state index contributed by atoms with van der Waals surface area (Å²) in [5.41, 5.74) is 8.45. The predicted octanol–water partition coefficient (Wildman–Crippen LogP) is 3.36. The Morgan fingerprint density at radius 2 is 1.97 bits per heavy atom. The van der Waals surface area contributed by atoms with Gasteiger partial charge in [0.05, 0.1) is 11.9 Å². The first-order valence-electron chi connectivity index (χ1n) is 11.5. The van der Waals surface area contributed by atoms with Crippen LogP contribution < -0.4 is 21.3 Å². The van der Waals surface area contributed by atoms with Crippen molar-refractivity contribution in [1.29, 1.82) is 0 Å². The van der Waals surface area contributed by atoms with Gasteiger partial charge < -0.3 is 21.3 Å². The van der Waals surface area contributed by atoms with Crippen LogP contribution in [0.25, 0.3) is 0 Å². The van der Waals surface area contributed by atoms with Crippen LogP contribution in [0.2, 0.25) is 0 Å². The van der Waals surface area contributed by atoms with E-state index in [-0.39, 0.29) is 17.6 Å². The van der Waals surface area contributed by atoms with Crippen molar-refractivity contribution in [2.45, 2.75) is 44.6 Å². The number of carbonyl (C=O) groups is 2. The fourth-order valence-electron chi connectivity index (χ4n) is 4.23. The summed E-state index contributed by atoms with van der Waals surface area (Å²) in [6, 6.07) is 9.81. The van der Waals surface area contributed by atoms with E-state index in [1.807, 2.05) is 25.1 Å². The van der Waals surface area contributed by atoms with Gasteiger partial charge in [-0.15, -0.1) is 0 Å². The first kappa shape index (κ1) is 22.3. The molecule has 176 valence electrons. The van der Waals surface area contributed by atoms with Crippen LogP contribution in [0, 0.1) is 6.92 Å². The largest absolute Gasteiger partial charge is 0.364 e. The Hall–Kier alpha value is -3.53. The number of hydrogen-bond acceptors (Lipinski definition) is 8. The van der Waals surface area contributed by atoms with Gasteiger partial charge in [0, 0.05) is 24.7 Å². The van der Waals surface area contributed by atoms with Crippen LogP contribution in [-0.4, -0.2) is 45.3 Å². The number of benzene rings is 1. The molecule has 2 amide bonds. The molecular formula is C24H27N7O2S. The number of hydrogen-bond donors (Lipinski definition) is 3. The maximum Gasteiger partial charge on any atom is 0.271 e. The zero-order chi connectivity index (χ0) is 23.7. The first-order chi connectivity index (χ1) is 16.5. The summed E-state index contributed by atoms with van der Waals surface area (Å²) < 4.78 is 4.24. The average molecular weight is 478 g/mol. The molecule has 2 aliphatic rings. The summed E-state index contributed by atoms with van der Waals surface area (Å²) in [5, 5.41) is 7.03. The maximum absolute atomic E-state index is 12.8. The van der Waals surface area contributed by atoms with Crippen LogP contribution in [0.4, 0.5) is 16.6 Å². The molecule has 1 aromatic carbocycles. The zero-order valence-corrected chi connectivity index (χ0v) is 19.8. The third kappa shape index (κ3) is 5.01. The fraction of sp³-hybridized carbons (Fsp3) is 0.375. The predicted molar refractivity (Wildman–Crippen MR) is 132 cm³/mol. The van der Waals surface area contributed by atoms with Gasteiger partial charge in [0.15, 0.2) is 11.5 Å². The molecule has 9 nitrogen and oxygen atoms in total. The van der Waals surface area contributed by atoms with E-state index >= 15 is 0 Å². The van der Waals surface area contributed by atoms with Crippen molar-refractivity contribution in [3.05, 3.63) is 59.0 Å². The number of anilines is 3. The van der Waals surface area contributed by atoms with Crippen molar-refractivity contribution in [1.82, 2.24) is 19.7 Å². The number of piperidine rings is 1. The Balaban J connectivity index is 1.28. The highest BCUT2D eigenvalue weighted by molar-refractivity contribution is 7.10. The second-order valence-electron chi connectivity index (χ2n) is 8.90. The molecule has 1 unspecified atom stereocenters. The van der Waals surface area contributed by atoms with Crippen molar-refractivity contribution in [2.75, 3.05) is 23.3 Å². The first-order valence-corrected chi connectivity index (χ1v) is 12.3. The van der Waals surface area contributed by atoms with Crippen molar-refractivity contribution in [3.63, 3.8) is 0 Å². The fourth-order valence-corrected chi connectivity index (χ4v) is 4.89. The molecule has 2 fully saturated rings. The molecule has 1 atom stereocenters. The highest BCUT2D eigenvalue weighted by Gasteiger charge is 2.26. The molecule has 0 bridgehead atoms. The van der Waals surface area contributed by atoms with Gasteiger partial charge in [0.1, 0.15) is 10.8 Å². The van der Waals surface area contributed by atoms with E-state index in [1.165, 1.54) is 29.9 Å². The summed E-state index contributed by atoms with van der Waals surface area (Å²) >= 11 is 1.28. The minimum Gasteiger partial charge on any atom is -0.364 e. The average Bonchev–Trinajstić information content (AvgIpc) is 3.61. The lowest BCUT2D eigenvalue weighted by Gasteiger charge is -2.34. The zero-order valence-electron chi connectivity index (χ0n) is 19.0. The van der Waals surface area contributed by atoms with Crippen molar-refractivity contribution in [3.8, 4) is 0 Å². The molecule has 1 aliphatic carbocycles. The lowest BCUT2D eigenvalue weighted by molar-refractivity contribution is 0.0932. The molecule has 1 saturated carbocycles. The Morgan fingerprint density at radius 3 is 2.65 bits per heavy atom. The minimum atomic E-state index is -0.653. The summed E-state index contributed by atoms with van der Waals surface area (Å²) in [5.74, 6) is 0.883. The van der Waals surface area contributed by atoms with Gasteiger partial charge in [0.25, 0.3) is 11.8 Å². The smallest absolute Gasteiger partial charge is 0.271 e. The molecule has 0 radical (unpaired) electrons. The van der Waals surface area contributed by atoms with Crippen LogP contribution in [0.15, 0.2) is 36.5 Å². The van der Waals surface area contributed by atoms with E-state index in [9.17, 15) is 9.59 Å². The Bertz CT molecular complexity index is 1210. The Kier molecular flexibility index (Phi) is 6.14. The van der Waals surface area contributed by atoms with E-state index in [2.05, 4.69) is 42.0 Å². The number of primary amides is 1. The number of amides is 2. The molecule has 5 rings (SSSR count). The summed E-state index contributed by atoms with van der Waals surface area (Å²) in [6.07, 6.45) is 5.84. The van der Waals surface area contributed by atoms with E-state index in [0.29, 0.717) is 29.7 Å². The number of nitrogens with one attached hydrogen (secondary N) is 2. The third-order valence-corrected chi connectivity index (χ3v) is 6.96. The van der Waals surface area contributed by atoms with Crippen LogP contribution >= 0.6 is 11.5 Å². The highest BCUT2D eigenvalue weighted by atomic mass is 32.1. The van der Waals surface area contributed by atoms with E-state index < -0.39 is 5.91 Å². The number of nitrogens with two attached hydrogens (primary N) is 1. The van der Waals surface area contributed by atoms with Gasteiger partial charge >= 0.3 is 0 Å². The van der Waals surface area contributed by atoms with Gasteiger partial charge in [-0.25, -0.2) is 9.97 Å². The molecule has 1 aliphatic heterocycles. The second kappa shape index (κ2) is 9.38. The Morgan fingerprint density at radius 1 is 1.18 bits per heavy atom. The van der Waals surface area contributed by atoms with Gasteiger partial charge in [-0.2, -0.15) is 4.37 Å². The highest BCUT2D eigenvalue weighted by Crippen LogP contribution is 2.39. The number of carbonyl (C=O) groups excluding carboxylic acids is 2. The van der Waals surface area contributed by atoms with Crippen molar-refractivity contribution >= 4 is 40.0 Å².